The average Bonchev–Trinajstić information content (AvgIpc) is 2.59. The van der Waals surface area contributed by atoms with Gasteiger partial charge in [0.25, 0.3) is 0 Å². The quantitative estimate of drug-likeness (QED) is 0.835. The lowest BCUT2D eigenvalue weighted by Crippen LogP contribution is -2.38. The zero-order valence-corrected chi connectivity index (χ0v) is 14.3. The molecule has 124 valence electrons. The van der Waals surface area contributed by atoms with Gasteiger partial charge in [-0.25, -0.2) is 0 Å². The monoisotopic (exact) mass is 314 g/mol. The van der Waals surface area contributed by atoms with E-state index in [1.807, 2.05) is 23.1 Å². The molecule has 1 aliphatic heterocycles. The molecule has 1 atom stereocenters. The molecule has 1 saturated heterocycles. The highest BCUT2D eigenvalue weighted by atomic mass is 16.5. The van der Waals surface area contributed by atoms with Crippen LogP contribution in [-0.2, 0) is 11.2 Å². The van der Waals surface area contributed by atoms with E-state index in [2.05, 4.69) is 19.9 Å². The van der Waals surface area contributed by atoms with Gasteiger partial charge in [0.15, 0.2) is 0 Å². The van der Waals surface area contributed by atoms with Gasteiger partial charge in [-0.1, -0.05) is 26.0 Å². The zero-order chi connectivity index (χ0) is 16.8. The number of rotatable bonds is 5. The maximum atomic E-state index is 12.5. The van der Waals surface area contributed by atoms with Crippen LogP contribution >= 0.6 is 0 Å². The van der Waals surface area contributed by atoms with Gasteiger partial charge in [0.1, 0.15) is 5.75 Å². The van der Waals surface area contributed by atoms with Gasteiger partial charge >= 0.3 is 0 Å². The first-order valence-electron chi connectivity index (χ1n) is 8.43. The Balaban J connectivity index is 2.08. The first kappa shape index (κ1) is 17.3. The van der Waals surface area contributed by atoms with E-state index in [-0.39, 0.29) is 12.3 Å². The van der Waals surface area contributed by atoms with Crippen LogP contribution in [0.25, 0.3) is 0 Å². The Morgan fingerprint density at radius 1 is 1.43 bits per heavy atom. The van der Waals surface area contributed by atoms with Crippen LogP contribution in [0, 0.1) is 17.2 Å². The zero-order valence-electron chi connectivity index (χ0n) is 14.3. The number of carbonyl (C=O) groups is 1. The molecule has 1 fully saturated rings. The van der Waals surface area contributed by atoms with Crippen molar-refractivity contribution in [1.29, 1.82) is 5.26 Å². The summed E-state index contributed by atoms with van der Waals surface area (Å²) >= 11 is 0. The third-order valence-electron chi connectivity index (χ3n) is 4.76. The summed E-state index contributed by atoms with van der Waals surface area (Å²) in [7, 11) is 1.65. The highest BCUT2D eigenvalue weighted by Gasteiger charge is 2.24. The van der Waals surface area contributed by atoms with Gasteiger partial charge in [0.05, 0.1) is 19.1 Å². The number of methoxy groups -OCH3 is 1. The van der Waals surface area contributed by atoms with Gasteiger partial charge in [0.2, 0.25) is 5.91 Å². The predicted molar refractivity (Wildman–Crippen MR) is 90.3 cm³/mol. The van der Waals surface area contributed by atoms with Gasteiger partial charge in [-0.15, -0.1) is 0 Å². The molecule has 1 unspecified atom stereocenters. The molecule has 1 aromatic carbocycles. The molecule has 4 nitrogen and oxygen atoms in total. The van der Waals surface area contributed by atoms with Crippen LogP contribution in [0.2, 0.25) is 0 Å². The molecule has 0 saturated carbocycles. The number of likely N-dealkylation sites (tertiary alicyclic amines) is 1. The van der Waals surface area contributed by atoms with Crippen molar-refractivity contribution in [1.82, 2.24) is 4.90 Å². The highest BCUT2D eigenvalue weighted by molar-refractivity contribution is 5.77. The minimum atomic E-state index is -0.391. The number of nitriles is 1. The highest BCUT2D eigenvalue weighted by Crippen LogP contribution is 2.27. The molecule has 0 aliphatic carbocycles. The molecule has 23 heavy (non-hydrogen) atoms. The average molecular weight is 314 g/mol. The Bertz CT molecular complexity index is 584. The van der Waals surface area contributed by atoms with Crippen molar-refractivity contribution in [2.24, 2.45) is 5.92 Å². The van der Waals surface area contributed by atoms with E-state index in [0.29, 0.717) is 5.92 Å². The van der Waals surface area contributed by atoms with Crippen LogP contribution < -0.4 is 4.74 Å². The summed E-state index contributed by atoms with van der Waals surface area (Å²) in [5.74, 6) is 1.24. The lowest BCUT2D eigenvalue weighted by molar-refractivity contribution is -0.132. The molecular formula is C19H26N2O2. The van der Waals surface area contributed by atoms with Crippen LogP contribution in [0.1, 0.15) is 50.2 Å². The Morgan fingerprint density at radius 3 is 2.70 bits per heavy atom. The van der Waals surface area contributed by atoms with E-state index in [9.17, 15) is 10.1 Å². The number of hydrogen-bond acceptors (Lipinski definition) is 3. The van der Waals surface area contributed by atoms with Crippen molar-refractivity contribution in [3.63, 3.8) is 0 Å². The van der Waals surface area contributed by atoms with Crippen molar-refractivity contribution in [3.05, 3.63) is 29.3 Å². The van der Waals surface area contributed by atoms with Gasteiger partial charge in [-0.05, 0) is 42.4 Å². The first-order valence-corrected chi connectivity index (χ1v) is 8.43. The van der Waals surface area contributed by atoms with Crippen molar-refractivity contribution in [2.45, 2.75) is 45.4 Å². The fourth-order valence-electron chi connectivity index (χ4n) is 3.09. The first-order chi connectivity index (χ1) is 11.1. The lowest BCUT2D eigenvalue weighted by atomic mass is 9.93. The van der Waals surface area contributed by atoms with E-state index >= 15 is 0 Å². The summed E-state index contributed by atoms with van der Waals surface area (Å²) in [5, 5.41) is 9.51. The summed E-state index contributed by atoms with van der Waals surface area (Å²) in [6.45, 7) is 5.93. The molecule has 0 aromatic heterocycles. The fraction of sp³-hybridized carbons (Fsp3) is 0.579. The van der Waals surface area contributed by atoms with E-state index in [4.69, 9.17) is 4.74 Å². The van der Waals surface area contributed by atoms with E-state index in [1.165, 1.54) is 0 Å². The van der Waals surface area contributed by atoms with Gasteiger partial charge in [0, 0.05) is 19.5 Å². The van der Waals surface area contributed by atoms with Crippen LogP contribution in [0.15, 0.2) is 18.2 Å². The number of benzene rings is 1. The Kier molecular flexibility index (Phi) is 6.04. The number of hydrogen-bond donors (Lipinski definition) is 0. The fourth-order valence-corrected chi connectivity index (χ4v) is 3.09. The second-order valence-corrected chi connectivity index (χ2v) is 6.37. The number of amides is 1. The normalized spacial score (nSPS) is 16.7. The Morgan fingerprint density at radius 2 is 2.13 bits per heavy atom. The molecule has 4 heteroatoms. The lowest BCUT2D eigenvalue weighted by Gasteiger charge is -2.31. The third kappa shape index (κ3) is 4.25. The number of ether oxygens (including phenoxy) is 1. The van der Waals surface area contributed by atoms with Crippen LogP contribution in [-0.4, -0.2) is 31.0 Å². The number of nitrogens with zero attached hydrogens (tertiary/aromatic N) is 2. The van der Waals surface area contributed by atoms with Crippen LogP contribution in [0.3, 0.4) is 0 Å². The van der Waals surface area contributed by atoms with Crippen LogP contribution in [0.4, 0.5) is 0 Å². The van der Waals surface area contributed by atoms with Gasteiger partial charge in [-0.2, -0.15) is 5.26 Å². The second kappa shape index (κ2) is 8.01. The van der Waals surface area contributed by atoms with Crippen molar-refractivity contribution >= 4 is 5.91 Å². The van der Waals surface area contributed by atoms with E-state index in [1.54, 1.807) is 7.11 Å². The van der Waals surface area contributed by atoms with Crippen molar-refractivity contribution in [2.75, 3.05) is 20.2 Å². The molecule has 1 heterocycles. The summed E-state index contributed by atoms with van der Waals surface area (Å²) in [5.41, 5.74) is 1.98. The molecule has 0 N–H and O–H groups in total. The number of carbonyl (C=O) groups excluding carboxylic acids is 1. The van der Waals surface area contributed by atoms with Crippen molar-refractivity contribution in [3.8, 4) is 11.8 Å². The number of piperidine rings is 1. The molecule has 2 rings (SSSR count). The molecule has 1 aromatic rings. The minimum absolute atomic E-state index is 0.0947. The standard InChI is InChI=1S/C19H26N2O2/c1-4-15-11-16(5-6-18(15)23-3)17(13-20)12-19(22)21-9-7-14(2)8-10-21/h5-6,11,14,17H,4,7-10,12H2,1-3H3. The van der Waals surface area contributed by atoms with Crippen molar-refractivity contribution < 1.29 is 9.53 Å². The Hall–Kier alpha value is -2.02. The smallest absolute Gasteiger partial charge is 0.224 e. The maximum absolute atomic E-state index is 12.5. The minimum Gasteiger partial charge on any atom is -0.496 e. The largest absolute Gasteiger partial charge is 0.496 e. The molecular weight excluding hydrogens is 288 g/mol. The van der Waals surface area contributed by atoms with Crippen LogP contribution in [0.5, 0.6) is 5.75 Å². The van der Waals surface area contributed by atoms with Gasteiger partial charge in [-0.3, -0.25) is 4.79 Å². The summed E-state index contributed by atoms with van der Waals surface area (Å²) in [6.07, 6.45) is 3.23. The van der Waals surface area contributed by atoms with E-state index in [0.717, 1.165) is 49.2 Å². The molecule has 1 aliphatic rings. The number of aryl methyl sites for hydroxylation is 1. The molecule has 1 amide bonds. The maximum Gasteiger partial charge on any atom is 0.224 e. The predicted octanol–water partition coefficient (Wildman–Crippen LogP) is 3.51. The molecule has 0 radical (unpaired) electrons. The molecule has 0 spiro atoms. The summed E-state index contributed by atoms with van der Waals surface area (Å²) in [4.78, 5) is 14.4. The summed E-state index contributed by atoms with van der Waals surface area (Å²) in [6, 6.07) is 8.09. The summed E-state index contributed by atoms with van der Waals surface area (Å²) < 4.78 is 5.33. The second-order valence-electron chi connectivity index (χ2n) is 6.37. The van der Waals surface area contributed by atoms with Gasteiger partial charge < -0.3 is 9.64 Å². The Labute approximate surface area is 139 Å². The molecule has 0 bridgehead atoms. The third-order valence-corrected chi connectivity index (χ3v) is 4.76. The topological polar surface area (TPSA) is 53.3 Å². The SMILES string of the molecule is CCc1cc(C(C#N)CC(=O)N2CCC(C)CC2)ccc1OC. The van der Waals surface area contributed by atoms with E-state index < -0.39 is 5.92 Å².